The first kappa shape index (κ1) is 14.0. The number of fused-ring (bicyclic) bond motifs is 1. The highest BCUT2D eigenvalue weighted by Gasteiger charge is 2.31. The molecule has 1 atom stereocenters. The van der Waals surface area contributed by atoms with Gasteiger partial charge in [0.25, 0.3) is 5.91 Å². The molecule has 0 spiro atoms. The van der Waals surface area contributed by atoms with E-state index in [1.54, 1.807) is 25.1 Å². The van der Waals surface area contributed by atoms with Gasteiger partial charge < -0.3 is 14.7 Å². The van der Waals surface area contributed by atoms with Gasteiger partial charge in [-0.2, -0.15) is 0 Å². The van der Waals surface area contributed by atoms with Crippen LogP contribution in [0, 0.1) is 0 Å². The first-order chi connectivity index (χ1) is 9.40. The number of nitrogens with zero attached hydrogens (tertiary/aromatic N) is 1. The van der Waals surface area contributed by atoms with E-state index in [4.69, 9.17) is 9.84 Å². The van der Waals surface area contributed by atoms with Crippen LogP contribution in [0.5, 0.6) is 5.75 Å². The summed E-state index contributed by atoms with van der Waals surface area (Å²) in [6.45, 7) is 3.12. The minimum atomic E-state index is -0.973. The summed E-state index contributed by atoms with van der Waals surface area (Å²) in [6, 6.07) is 4.79. The van der Waals surface area contributed by atoms with E-state index in [1.807, 2.05) is 0 Å². The van der Waals surface area contributed by atoms with Crippen LogP contribution in [0.15, 0.2) is 18.2 Å². The fourth-order valence-corrected chi connectivity index (χ4v) is 2.07. The Labute approximate surface area is 115 Å². The minimum absolute atomic E-state index is 0.0777. The molecule has 1 aromatic carbocycles. The monoisotopic (exact) mass is 277 g/mol. The van der Waals surface area contributed by atoms with Crippen LogP contribution in [0.25, 0.3) is 0 Å². The first-order valence-corrected chi connectivity index (χ1v) is 6.25. The van der Waals surface area contributed by atoms with Crippen molar-refractivity contribution in [1.82, 2.24) is 0 Å². The highest BCUT2D eigenvalue weighted by molar-refractivity contribution is 6.02. The molecular formula is C14H15NO5. The summed E-state index contributed by atoms with van der Waals surface area (Å²) in [6.07, 6.45) is -0.842. The van der Waals surface area contributed by atoms with Crippen LogP contribution < -0.4 is 9.64 Å². The van der Waals surface area contributed by atoms with Crippen molar-refractivity contribution in [3.05, 3.63) is 23.8 Å². The lowest BCUT2D eigenvalue weighted by Crippen LogP contribution is -2.45. The molecule has 6 heteroatoms. The average Bonchev–Trinajstić information content (AvgIpc) is 2.38. The van der Waals surface area contributed by atoms with E-state index in [1.165, 1.54) is 11.8 Å². The highest BCUT2D eigenvalue weighted by Crippen LogP contribution is 2.35. The zero-order valence-electron chi connectivity index (χ0n) is 11.3. The molecule has 1 unspecified atom stereocenters. The lowest BCUT2D eigenvalue weighted by atomic mass is 10.1. The maximum Gasteiger partial charge on any atom is 0.305 e. The summed E-state index contributed by atoms with van der Waals surface area (Å²) >= 11 is 0. The van der Waals surface area contributed by atoms with Gasteiger partial charge in [-0.25, -0.2) is 0 Å². The Hall–Kier alpha value is -2.37. The molecule has 1 aromatic rings. The van der Waals surface area contributed by atoms with Crippen LogP contribution >= 0.6 is 0 Å². The van der Waals surface area contributed by atoms with Gasteiger partial charge in [-0.1, -0.05) is 0 Å². The van der Waals surface area contributed by atoms with Crippen LogP contribution in [0.4, 0.5) is 5.69 Å². The highest BCUT2D eigenvalue weighted by atomic mass is 16.5. The quantitative estimate of drug-likeness (QED) is 0.843. The molecule has 0 saturated carbocycles. The van der Waals surface area contributed by atoms with Gasteiger partial charge in [0.05, 0.1) is 12.1 Å². The van der Waals surface area contributed by atoms with E-state index >= 15 is 0 Å². The van der Waals surface area contributed by atoms with E-state index in [0.717, 1.165) is 0 Å². The van der Waals surface area contributed by atoms with Crippen molar-refractivity contribution in [3.63, 3.8) is 0 Å². The third kappa shape index (κ3) is 2.64. The van der Waals surface area contributed by atoms with Crippen LogP contribution in [-0.4, -0.2) is 35.4 Å². The van der Waals surface area contributed by atoms with Crippen molar-refractivity contribution in [2.45, 2.75) is 26.4 Å². The predicted octanol–water partition coefficient (Wildman–Crippen LogP) is 1.48. The smallest absolute Gasteiger partial charge is 0.305 e. The molecule has 6 nitrogen and oxygen atoms in total. The maximum absolute atomic E-state index is 12.1. The summed E-state index contributed by atoms with van der Waals surface area (Å²) in [5, 5.41) is 8.75. The van der Waals surface area contributed by atoms with Gasteiger partial charge in [-0.05, 0) is 32.0 Å². The molecule has 0 radical (unpaired) electrons. The number of benzene rings is 1. The number of amides is 1. The molecule has 1 N–H and O–H groups in total. The topological polar surface area (TPSA) is 83.9 Å². The van der Waals surface area contributed by atoms with Crippen molar-refractivity contribution < 1.29 is 24.2 Å². The van der Waals surface area contributed by atoms with Crippen molar-refractivity contribution in [2.75, 3.05) is 11.4 Å². The van der Waals surface area contributed by atoms with Crippen LogP contribution in [0.2, 0.25) is 0 Å². The zero-order valence-corrected chi connectivity index (χ0v) is 11.3. The second-order valence-corrected chi connectivity index (χ2v) is 4.63. The fraction of sp³-hybridized carbons (Fsp3) is 0.357. The first-order valence-electron chi connectivity index (χ1n) is 6.25. The van der Waals surface area contributed by atoms with Crippen LogP contribution in [0.1, 0.15) is 30.6 Å². The van der Waals surface area contributed by atoms with Gasteiger partial charge in [0.2, 0.25) is 0 Å². The molecule has 1 heterocycles. The van der Waals surface area contributed by atoms with Gasteiger partial charge in [0.1, 0.15) is 5.75 Å². The standard InChI is InChI=1S/C14H15NO5/c1-8(16)10-3-4-11-12(7-10)20-9(2)14(19)15(11)6-5-13(17)18/h3-4,7,9H,5-6H2,1-2H3,(H,17,18). The second-order valence-electron chi connectivity index (χ2n) is 4.63. The van der Waals surface area contributed by atoms with Crippen molar-refractivity contribution >= 4 is 23.3 Å². The molecule has 0 saturated heterocycles. The minimum Gasteiger partial charge on any atom is -0.481 e. The summed E-state index contributed by atoms with van der Waals surface area (Å²) in [5.41, 5.74) is 0.989. The molecule has 2 rings (SSSR count). The Morgan fingerprint density at radius 1 is 1.40 bits per heavy atom. The van der Waals surface area contributed by atoms with Crippen molar-refractivity contribution in [3.8, 4) is 5.75 Å². The van der Waals surface area contributed by atoms with Gasteiger partial charge in [-0.15, -0.1) is 0 Å². The Morgan fingerprint density at radius 3 is 2.70 bits per heavy atom. The molecule has 0 fully saturated rings. The number of carbonyl (C=O) groups excluding carboxylic acids is 2. The van der Waals surface area contributed by atoms with Gasteiger partial charge in [0.15, 0.2) is 11.9 Å². The van der Waals surface area contributed by atoms with Crippen molar-refractivity contribution in [1.29, 1.82) is 0 Å². The molecule has 1 aliphatic heterocycles. The molecule has 20 heavy (non-hydrogen) atoms. The predicted molar refractivity (Wildman–Crippen MR) is 71.1 cm³/mol. The molecule has 106 valence electrons. The normalized spacial score (nSPS) is 17.4. The Balaban J connectivity index is 2.37. The SMILES string of the molecule is CC(=O)c1ccc2c(c1)OC(C)C(=O)N2CCC(=O)O. The molecule has 1 aliphatic rings. The van der Waals surface area contributed by atoms with Crippen molar-refractivity contribution in [2.24, 2.45) is 0 Å². The number of hydrogen-bond donors (Lipinski definition) is 1. The number of carboxylic acid groups (broad SMARTS) is 1. The number of carboxylic acids is 1. The van der Waals surface area contributed by atoms with Crippen LogP contribution in [-0.2, 0) is 9.59 Å². The molecule has 1 amide bonds. The molecule has 0 aliphatic carbocycles. The fourth-order valence-electron chi connectivity index (χ4n) is 2.07. The molecule has 0 bridgehead atoms. The Morgan fingerprint density at radius 2 is 2.10 bits per heavy atom. The lowest BCUT2D eigenvalue weighted by Gasteiger charge is -2.32. The van der Waals surface area contributed by atoms with E-state index in [-0.39, 0.29) is 24.7 Å². The Kier molecular flexibility index (Phi) is 3.74. The maximum atomic E-state index is 12.1. The number of rotatable bonds is 4. The van der Waals surface area contributed by atoms with E-state index in [0.29, 0.717) is 17.0 Å². The average molecular weight is 277 g/mol. The van der Waals surface area contributed by atoms with Gasteiger partial charge in [0, 0.05) is 12.1 Å². The zero-order chi connectivity index (χ0) is 14.9. The number of hydrogen-bond acceptors (Lipinski definition) is 4. The number of aliphatic carboxylic acids is 1. The summed E-state index contributed by atoms with van der Waals surface area (Å²) in [7, 11) is 0. The van der Waals surface area contributed by atoms with E-state index < -0.39 is 12.1 Å². The number of ketones is 1. The van der Waals surface area contributed by atoms with E-state index in [9.17, 15) is 14.4 Å². The molecule has 0 aromatic heterocycles. The Bertz CT molecular complexity index is 581. The number of carbonyl (C=O) groups is 3. The van der Waals surface area contributed by atoms with Crippen LogP contribution in [0.3, 0.4) is 0 Å². The molecular weight excluding hydrogens is 262 g/mol. The third-order valence-corrected chi connectivity index (χ3v) is 3.12. The number of ether oxygens (including phenoxy) is 1. The summed E-state index contributed by atoms with van der Waals surface area (Å²) < 4.78 is 5.48. The van der Waals surface area contributed by atoms with Gasteiger partial charge >= 0.3 is 5.97 Å². The third-order valence-electron chi connectivity index (χ3n) is 3.12. The number of Topliss-reactive ketones (excluding diaryl/α,β-unsaturated/α-hetero) is 1. The summed E-state index contributed by atoms with van der Waals surface area (Å²) in [4.78, 5) is 35.5. The number of anilines is 1. The lowest BCUT2D eigenvalue weighted by molar-refractivity contribution is -0.136. The summed E-state index contributed by atoms with van der Waals surface area (Å²) in [5.74, 6) is -0.929. The van der Waals surface area contributed by atoms with Gasteiger partial charge in [-0.3, -0.25) is 14.4 Å². The van der Waals surface area contributed by atoms with E-state index in [2.05, 4.69) is 0 Å². The second kappa shape index (κ2) is 5.32. The largest absolute Gasteiger partial charge is 0.481 e.